The third kappa shape index (κ3) is 2.72. The van der Waals surface area contributed by atoms with Crippen molar-refractivity contribution in [2.24, 2.45) is 0 Å². The van der Waals surface area contributed by atoms with Crippen LogP contribution in [0.4, 0.5) is 5.69 Å². The van der Waals surface area contributed by atoms with Crippen LogP contribution >= 0.6 is 11.6 Å². The maximum Gasteiger partial charge on any atom is 0.332 e. The number of hydrogen-bond donors (Lipinski definition) is 0. The monoisotopic (exact) mass is 265 g/mol. The van der Waals surface area contributed by atoms with E-state index in [-0.39, 0.29) is 0 Å². The van der Waals surface area contributed by atoms with Crippen molar-refractivity contribution in [2.45, 2.75) is 6.54 Å². The van der Waals surface area contributed by atoms with Crippen LogP contribution in [0.3, 0.4) is 0 Å². The average Bonchev–Trinajstić information content (AvgIpc) is 2.34. The lowest BCUT2D eigenvalue weighted by Crippen LogP contribution is -2.11. The Hall–Kier alpha value is -2.21. The van der Waals surface area contributed by atoms with Crippen molar-refractivity contribution in [3.05, 3.63) is 67.8 Å². The zero-order valence-corrected chi connectivity index (χ0v) is 9.87. The molecule has 92 valence electrons. The van der Waals surface area contributed by atoms with Gasteiger partial charge in [0.05, 0.1) is 11.1 Å². The van der Waals surface area contributed by atoms with Gasteiger partial charge >= 0.3 is 5.69 Å². The van der Waals surface area contributed by atoms with Crippen LogP contribution < -0.4 is 5.43 Å². The summed E-state index contributed by atoms with van der Waals surface area (Å²) in [5.74, 6) is 0. The molecule has 0 saturated carbocycles. The molecule has 0 saturated heterocycles. The highest BCUT2D eigenvalue weighted by atomic mass is 35.5. The van der Waals surface area contributed by atoms with Gasteiger partial charge in [0.15, 0.2) is 0 Å². The number of aromatic nitrogens is 2. The number of rotatable bonds is 3. The fourth-order valence-electron chi connectivity index (χ4n) is 1.46. The Morgan fingerprint density at radius 3 is 2.78 bits per heavy atom. The van der Waals surface area contributed by atoms with Crippen molar-refractivity contribution in [3.8, 4) is 0 Å². The molecule has 0 aliphatic rings. The summed E-state index contributed by atoms with van der Waals surface area (Å²) in [4.78, 5) is 25.1. The van der Waals surface area contributed by atoms with Gasteiger partial charge in [-0.2, -0.15) is 0 Å². The quantitative estimate of drug-likeness (QED) is 0.482. The molecule has 18 heavy (non-hydrogen) atoms. The van der Waals surface area contributed by atoms with E-state index in [4.69, 9.17) is 11.6 Å². The molecule has 2 aromatic rings. The molecule has 0 aliphatic heterocycles. The smallest absolute Gasteiger partial charge is 0.332 e. The highest BCUT2D eigenvalue weighted by Crippen LogP contribution is 2.08. The number of pyridine rings is 2. The molecule has 0 atom stereocenters. The van der Waals surface area contributed by atoms with Gasteiger partial charge in [-0.15, -0.1) is 0 Å². The summed E-state index contributed by atoms with van der Waals surface area (Å²) in [6.45, 7) is 0.380. The maximum atomic E-state index is 11.2. The molecular weight excluding hydrogens is 258 g/mol. The minimum Gasteiger partial charge on any atom is -0.344 e. The summed E-state index contributed by atoms with van der Waals surface area (Å²) in [6, 6.07) is 4.56. The summed E-state index contributed by atoms with van der Waals surface area (Å²) in [5.41, 5.74) is -0.220. The van der Waals surface area contributed by atoms with Crippen LogP contribution in [0.15, 0.2) is 41.6 Å². The fourth-order valence-corrected chi connectivity index (χ4v) is 1.57. The van der Waals surface area contributed by atoms with E-state index in [1.165, 1.54) is 18.5 Å². The normalized spacial score (nSPS) is 10.3. The van der Waals surface area contributed by atoms with Crippen LogP contribution in [0.5, 0.6) is 0 Å². The van der Waals surface area contributed by atoms with Gasteiger partial charge in [0.25, 0.3) is 5.43 Å². The first kappa shape index (κ1) is 12.3. The number of nitrogens with zero attached hydrogens (tertiary/aromatic N) is 3. The Bertz CT molecular complexity index is 637. The largest absolute Gasteiger partial charge is 0.344 e. The van der Waals surface area contributed by atoms with Gasteiger partial charge in [-0.1, -0.05) is 17.7 Å². The molecule has 2 heterocycles. The van der Waals surface area contributed by atoms with Crippen LogP contribution in [0.1, 0.15) is 5.56 Å². The lowest BCUT2D eigenvalue weighted by atomic mass is 10.3. The summed E-state index contributed by atoms with van der Waals surface area (Å²) >= 11 is 5.65. The van der Waals surface area contributed by atoms with E-state index in [0.717, 1.165) is 5.56 Å². The SMILES string of the molecule is O=c1ccn(Cc2ccc(Cl)nc2)cc1[N+](=O)[O-]. The van der Waals surface area contributed by atoms with Gasteiger partial charge in [0.1, 0.15) is 5.15 Å². The highest BCUT2D eigenvalue weighted by molar-refractivity contribution is 6.29. The fraction of sp³-hybridized carbons (Fsp3) is 0.0909. The number of hydrogen-bond acceptors (Lipinski definition) is 4. The predicted octanol–water partition coefficient (Wildman–Crippen LogP) is 1.85. The molecule has 0 aliphatic carbocycles. The van der Waals surface area contributed by atoms with Gasteiger partial charge in [-0.25, -0.2) is 4.98 Å². The molecule has 0 radical (unpaired) electrons. The summed E-state index contributed by atoms with van der Waals surface area (Å²) < 4.78 is 1.55. The molecule has 0 fully saturated rings. The van der Waals surface area contributed by atoms with E-state index in [9.17, 15) is 14.9 Å². The third-order valence-electron chi connectivity index (χ3n) is 2.31. The van der Waals surface area contributed by atoms with Crippen LogP contribution in [-0.4, -0.2) is 14.5 Å². The molecular formula is C11H8ClN3O3. The van der Waals surface area contributed by atoms with E-state index in [1.807, 2.05) is 0 Å². The molecule has 2 aromatic heterocycles. The molecule has 0 spiro atoms. The Balaban J connectivity index is 2.30. The summed E-state index contributed by atoms with van der Waals surface area (Å²) in [5, 5.41) is 11.0. The first-order valence-electron chi connectivity index (χ1n) is 5.01. The van der Waals surface area contributed by atoms with Crippen molar-refractivity contribution in [1.29, 1.82) is 0 Å². The minimum atomic E-state index is -0.695. The first-order valence-corrected chi connectivity index (χ1v) is 5.39. The topological polar surface area (TPSA) is 78.0 Å². The molecule has 0 amide bonds. The molecule has 0 N–H and O–H groups in total. The van der Waals surface area contributed by atoms with Gasteiger partial charge < -0.3 is 4.57 Å². The molecule has 0 unspecified atom stereocenters. The zero-order chi connectivity index (χ0) is 13.1. The number of halogens is 1. The number of nitro groups is 1. The molecule has 7 heteroatoms. The van der Waals surface area contributed by atoms with Crippen molar-refractivity contribution in [2.75, 3.05) is 0 Å². The van der Waals surface area contributed by atoms with E-state index in [2.05, 4.69) is 4.98 Å². The van der Waals surface area contributed by atoms with E-state index >= 15 is 0 Å². The second kappa shape index (κ2) is 4.97. The Morgan fingerprint density at radius 2 is 2.17 bits per heavy atom. The maximum absolute atomic E-state index is 11.2. The van der Waals surface area contributed by atoms with E-state index in [1.54, 1.807) is 22.9 Å². The average molecular weight is 266 g/mol. The van der Waals surface area contributed by atoms with Gasteiger partial charge in [0, 0.05) is 25.0 Å². The zero-order valence-electron chi connectivity index (χ0n) is 9.12. The van der Waals surface area contributed by atoms with Crippen LogP contribution in [0, 0.1) is 10.1 Å². The van der Waals surface area contributed by atoms with Gasteiger partial charge in [-0.05, 0) is 11.6 Å². The summed E-state index contributed by atoms with van der Waals surface area (Å²) in [6.07, 6.45) is 4.27. The third-order valence-corrected chi connectivity index (χ3v) is 2.53. The highest BCUT2D eigenvalue weighted by Gasteiger charge is 2.11. The van der Waals surface area contributed by atoms with Crippen LogP contribution in [-0.2, 0) is 6.54 Å². The Morgan fingerprint density at radius 1 is 1.39 bits per heavy atom. The minimum absolute atomic E-state index is 0.379. The van der Waals surface area contributed by atoms with Crippen molar-refractivity contribution in [1.82, 2.24) is 9.55 Å². The van der Waals surface area contributed by atoms with Gasteiger partial charge in [0.2, 0.25) is 0 Å². The Kier molecular flexibility index (Phi) is 3.38. The molecule has 0 bridgehead atoms. The lowest BCUT2D eigenvalue weighted by molar-refractivity contribution is -0.386. The van der Waals surface area contributed by atoms with E-state index in [0.29, 0.717) is 11.7 Å². The van der Waals surface area contributed by atoms with Gasteiger partial charge in [-0.3, -0.25) is 14.9 Å². The Labute approximate surface area is 107 Å². The van der Waals surface area contributed by atoms with Crippen LogP contribution in [0.25, 0.3) is 0 Å². The lowest BCUT2D eigenvalue weighted by Gasteiger charge is -2.05. The van der Waals surface area contributed by atoms with Crippen molar-refractivity contribution < 1.29 is 4.92 Å². The van der Waals surface area contributed by atoms with E-state index < -0.39 is 16.0 Å². The standard InChI is InChI=1S/C11H8ClN3O3/c12-11-2-1-8(5-13-11)6-14-4-3-10(16)9(7-14)15(17)18/h1-5,7H,6H2. The van der Waals surface area contributed by atoms with Crippen molar-refractivity contribution >= 4 is 17.3 Å². The second-order valence-electron chi connectivity index (χ2n) is 3.61. The molecule has 6 nitrogen and oxygen atoms in total. The molecule has 2 rings (SSSR count). The summed E-state index contributed by atoms with van der Waals surface area (Å²) in [7, 11) is 0. The first-order chi connectivity index (χ1) is 8.56. The van der Waals surface area contributed by atoms with Crippen molar-refractivity contribution in [3.63, 3.8) is 0 Å². The van der Waals surface area contributed by atoms with Crippen LogP contribution in [0.2, 0.25) is 5.15 Å². The molecule has 0 aromatic carbocycles. The second-order valence-corrected chi connectivity index (χ2v) is 4.00. The predicted molar refractivity (Wildman–Crippen MR) is 65.7 cm³/mol.